The van der Waals surface area contributed by atoms with Gasteiger partial charge in [-0.1, -0.05) is 29.1 Å². The molecule has 5 rings (SSSR count). The predicted molar refractivity (Wildman–Crippen MR) is 113 cm³/mol. The minimum atomic E-state index is 0.00680. The molecule has 0 bridgehead atoms. The number of hydrogen-bond donors (Lipinski definition) is 0. The first-order valence-corrected chi connectivity index (χ1v) is 10.6. The minimum Gasteiger partial charge on any atom is -0.444 e. The largest absolute Gasteiger partial charge is 0.444 e. The lowest BCUT2D eigenvalue weighted by Crippen LogP contribution is -2.30. The van der Waals surface area contributed by atoms with Crippen LogP contribution >= 0.6 is 27.7 Å². The van der Waals surface area contributed by atoms with Gasteiger partial charge in [0.15, 0.2) is 10.4 Å². The van der Waals surface area contributed by atoms with Crippen LogP contribution in [0, 0.1) is 0 Å². The molecule has 1 amide bonds. The van der Waals surface area contributed by atoms with Crippen molar-refractivity contribution in [1.82, 2.24) is 10.1 Å². The van der Waals surface area contributed by atoms with Gasteiger partial charge in [0.2, 0.25) is 5.82 Å². The highest BCUT2D eigenvalue weighted by molar-refractivity contribution is 9.10. The van der Waals surface area contributed by atoms with Crippen LogP contribution in [0.15, 0.2) is 78.0 Å². The van der Waals surface area contributed by atoms with Crippen LogP contribution in [0.3, 0.4) is 0 Å². The van der Waals surface area contributed by atoms with Crippen molar-refractivity contribution < 1.29 is 13.7 Å². The van der Waals surface area contributed by atoms with E-state index >= 15 is 0 Å². The topological polar surface area (TPSA) is 72.4 Å². The number of carbonyl (C=O) groups excluding carboxylic acids is 1. The summed E-state index contributed by atoms with van der Waals surface area (Å²) in [6.45, 7) is 2.56. The molecule has 0 unspecified atom stereocenters. The number of hydrogen-bond acceptors (Lipinski definition) is 6. The van der Waals surface area contributed by atoms with E-state index in [4.69, 9.17) is 8.94 Å². The Bertz CT molecular complexity index is 1230. The third-order valence-corrected chi connectivity index (χ3v) is 6.17. The zero-order chi connectivity index (χ0) is 20.0. The normalized spacial score (nSPS) is 13.2. The summed E-state index contributed by atoms with van der Waals surface area (Å²) < 4.78 is 11.4. The van der Waals surface area contributed by atoms with E-state index in [0.717, 1.165) is 21.0 Å². The molecule has 1 aliphatic rings. The molecule has 8 heteroatoms. The van der Waals surface area contributed by atoms with Gasteiger partial charge >= 0.3 is 0 Å². The average molecular weight is 468 g/mol. The second-order valence-electron chi connectivity index (χ2n) is 6.36. The Labute approximate surface area is 179 Å². The molecule has 0 N–H and O–H groups in total. The average Bonchev–Trinajstić information content (AvgIpc) is 3.36. The molecule has 0 atom stereocenters. The molecule has 144 valence electrons. The predicted octanol–water partition coefficient (Wildman–Crippen LogP) is 5.89. The van der Waals surface area contributed by atoms with Crippen LogP contribution in [0.5, 0.6) is 0 Å². The van der Waals surface area contributed by atoms with Crippen LogP contribution in [-0.4, -0.2) is 22.6 Å². The van der Waals surface area contributed by atoms with Gasteiger partial charge in [-0.15, -0.1) is 0 Å². The molecule has 3 heterocycles. The van der Waals surface area contributed by atoms with E-state index in [1.165, 1.54) is 0 Å². The number of rotatable bonds is 3. The molecular weight excluding hydrogens is 454 g/mol. The molecule has 4 aromatic rings. The molecule has 0 saturated carbocycles. The van der Waals surface area contributed by atoms with Gasteiger partial charge in [-0.25, -0.2) is 0 Å². The Morgan fingerprint density at radius 1 is 1.10 bits per heavy atom. The Balaban J connectivity index is 1.57. The van der Waals surface area contributed by atoms with Crippen molar-refractivity contribution in [2.24, 2.45) is 0 Å². The molecule has 0 radical (unpaired) electrons. The highest BCUT2D eigenvalue weighted by Gasteiger charge is 2.27. The zero-order valence-corrected chi connectivity index (χ0v) is 17.7. The van der Waals surface area contributed by atoms with Crippen LogP contribution in [0.25, 0.3) is 23.0 Å². The van der Waals surface area contributed by atoms with Crippen LogP contribution in [0.4, 0.5) is 5.69 Å². The van der Waals surface area contributed by atoms with E-state index in [-0.39, 0.29) is 5.91 Å². The molecule has 0 aliphatic carbocycles. The molecule has 2 aromatic heterocycles. The Morgan fingerprint density at radius 2 is 1.97 bits per heavy atom. The van der Waals surface area contributed by atoms with Crippen molar-refractivity contribution in [2.75, 3.05) is 11.4 Å². The summed E-state index contributed by atoms with van der Waals surface area (Å²) in [7, 11) is 0. The Hall–Kier alpha value is -2.84. The third-order valence-electron chi connectivity index (χ3n) is 4.62. The van der Waals surface area contributed by atoms with Crippen LogP contribution in [-0.2, 0) is 0 Å². The fourth-order valence-electron chi connectivity index (χ4n) is 3.25. The lowest BCUT2D eigenvalue weighted by atomic mass is 10.1. The molecule has 29 heavy (non-hydrogen) atoms. The van der Waals surface area contributed by atoms with E-state index in [1.807, 2.05) is 49.4 Å². The molecule has 1 aliphatic heterocycles. The standard InChI is InChI=1S/C21H14BrN3O3S/c1-2-25-14-8-7-12(19-23-20(28-24-19)15-9-10-18(22)27-15)11-17(14)29-16-6-4-3-5-13(16)21(25)26/h3-11H,2H2,1H3. The SMILES string of the molecule is CCN1C(=O)c2ccccc2Sc2cc(-c3noc(-c4ccc(Br)o4)n3)ccc21. The van der Waals surface area contributed by atoms with Gasteiger partial charge in [-0.2, -0.15) is 4.98 Å². The summed E-state index contributed by atoms with van der Waals surface area (Å²) in [5, 5.41) is 4.09. The summed E-state index contributed by atoms with van der Waals surface area (Å²) in [6, 6.07) is 17.0. The van der Waals surface area contributed by atoms with Crippen molar-refractivity contribution in [3.8, 4) is 23.0 Å². The van der Waals surface area contributed by atoms with E-state index in [9.17, 15) is 4.79 Å². The molecule has 0 saturated heterocycles. The Kier molecular flexibility index (Phi) is 4.52. The second kappa shape index (κ2) is 7.20. The number of halogens is 1. The third kappa shape index (κ3) is 3.18. The van der Waals surface area contributed by atoms with E-state index in [0.29, 0.717) is 34.3 Å². The van der Waals surface area contributed by atoms with E-state index in [1.54, 1.807) is 28.8 Å². The summed E-state index contributed by atoms with van der Waals surface area (Å²) in [6.07, 6.45) is 0. The summed E-state index contributed by atoms with van der Waals surface area (Å²) in [5.74, 6) is 1.27. The number of anilines is 1. The van der Waals surface area contributed by atoms with Gasteiger partial charge in [0.25, 0.3) is 11.8 Å². The highest BCUT2D eigenvalue weighted by atomic mass is 79.9. The number of amides is 1. The molecule has 0 spiro atoms. The number of carbonyl (C=O) groups is 1. The van der Waals surface area contributed by atoms with E-state index in [2.05, 4.69) is 26.1 Å². The van der Waals surface area contributed by atoms with Crippen molar-refractivity contribution in [1.29, 1.82) is 0 Å². The van der Waals surface area contributed by atoms with Gasteiger partial charge in [0, 0.05) is 21.9 Å². The van der Waals surface area contributed by atoms with Gasteiger partial charge < -0.3 is 13.8 Å². The second-order valence-corrected chi connectivity index (χ2v) is 8.22. The quantitative estimate of drug-likeness (QED) is 0.373. The van der Waals surface area contributed by atoms with Crippen molar-refractivity contribution in [2.45, 2.75) is 16.7 Å². The maximum absolute atomic E-state index is 13.0. The van der Waals surface area contributed by atoms with Gasteiger partial charge in [0.1, 0.15) is 0 Å². The zero-order valence-electron chi connectivity index (χ0n) is 15.3. The van der Waals surface area contributed by atoms with Gasteiger partial charge in [-0.3, -0.25) is 4.79 Å². The maximum atomic E-state index is 13.0. The first-order valence-electron chi connectivity index (χ1n) is 8.96. The first-order chi connectivity index (χ1) is 14.1. The fourth-order valence-corrected chi connectivity index (χ4v) is 4.67. The summed E-state index contributed by atoms with van der Waals surface area (Å²) in [4.78, 5) is 21.1. The maximum Gasteiger partial charge on any atom is 0.293 e. The molecule has 6 nitrogen and oxygen atoms in total. The van der Waals surface area contributed by atoms with Gasteiger partial charge in [-0.05, 0) is 65.3 Å². The van der Waals surface area contributed by atoms with Gasteiger partial charge in [0.05, 0.1) is 11.3 Å². The van der Waals surface area contributed by atoms with Crippen molar-refractivity contribution in [3.05, 3.63) is 64.8 Å². The fraction of sp³-hybridized carbons (Fsp3) is 0.0952. The number of furan rings is 1. The van der Waals surface area contributed by atoms with Crippen molar-refractivity contribution in [3.63, 3.8) is 0 Å². The minimum absolute atomic E-state index is 0.00680. The van der Waals surface area contributed by atoms with Crippen LogP contribution in [0.1, 0.15) is 17.3 Å². The van der Waals surface area contributed by atoms with Crippen LogP contribution in [0.2, 0.25) is 0 Å². The number of aromatic nitrogens is 2. The first kappa shape index (κ1) is 18.2. The number of benzene rings is 2. The van der Waals surface area contributed by atoms with Crippen LogP contribution < -0.4 is 4.90 Å². The summed E-state index contributed by atoms with van der Waals surface area (Å²) in [5.41, 5.74) is 2.39. The van der Waals surface area contributed by atoms with E-state index < -0.39 is 0 Å². The smallest absolute Gasteiger partial charge is 0.293 e. The molecule has 0 fully saturated rings. The monoisotopic (exact) mass is 467 g/mol. The number of nitrogens with zero attached hydrogens (tertiary/aromatic N) is 3. The summed E-state index contributed by atoms with van der Waals surface area (Å²) >= 11 is 4.84. The lowest BCUT2D eigenvalue weighted by Gasteiger charge is -2.21. The lowest BCUT2D eigenvalue weighted by molar-refractivity contribution is 0.0985. The molecular formula is C21H14BrN3O3S. The van der Waals surface area contributed by atoms with Crippen molar-refractivity contribution >= 4 is 39.3 Å². The molecule has 2 aromatic carbocycles. The Morgan fingerprint density at radius 3 is 2.76 bits per heavy atom. The highest BCUT2D eigenvalue weighted by Crippen LogP contribution is 2.42. The number of fused-ring (bicyclic) bond motifs is 2.